The maximum absolute atomic E-state index is 8.90. The zero-order valence-electron chi connectivity index (χ0n) is 9.55. The number of aryl methyl sites for hydroxylation is 1. The highest BCUT2D eigenvalue weighted by molar-refractivity contribution is 5.34. The largest absolute Gasteiger partial charge is 0.489 e. The Bertz CT molecular complexity index is 558. The molecule has 0 spiro atoms. The zero-order valence-corrected chi connectivity index (χ0v) is 9.55. The fourth-order valence-electron chi connectivity index (χ4n) is 1.53. The second kappa shape index (κ2) is 5.13. The van der Waals surface area contributed by atoms with Crippen LogP contribution < -0.4 is 4.74 Å². The molecule has 17 heavy (non-hydrogen) atoms. The highest BCUT2D eigenvalue weighted by Gasteiger charge is 2.04. The molecule has 0 unspecified atom stereocenters. The summed E-state index contributed by atoms with van der Waals surface area (Å²) in [5.41, 5.74) is 2.30. The van der Waals surface area contributed by atoms with Gasteiger partial charge in [0.25, 0.3) is 0 Å². The van der Waals surface area contributed by atoms with E-state index in [4.69, 9.17) is 10.00 Å². The van der Waals surface area contributed by atoms with E-state index in [1.807, 2.05) is 37.3 Å². The molecule has 2 rings (SSSR count). The number of hydrogen-bond acceptors (Lipinski definition) is 3. The van der Waals surface area contributed by atoms with Crippen molar-refractivity contribution in [3.63, 3.8) is 0 Å². The van der Waals surface area contributed by atoms with Gasteiger partial charge < -0.3 is 4.74 Å². The van der Waals surface area contributed by atoms with E-state index < -0.39 is 0 Å². The van der Waals surface area contributed by atoms with Crippen LogP contribution in [0.15, 0.2) is 42.6 Å². The van der Waals surface area contributed by atoms with Crippen molar-refractivity contribution in [2.45, 2.75) is 13.5 Å². The summed E-state index contributed by atoms with van der Waals surface area (Å²) < 4.78 is 5.67. The quantitative estimate of drug-likeness (QED) is 0.805. The first-order valence-electron chi connectivity index (χ1n) is 5.33. The van der Waals surface area contributed by atoms with Gasteiger partial charge in [0.15, 0.2) is 0 Å². The molecule has 0 radical (unpaired) electrons. The van der Waals surface area contributed by atoms with Crippen molar-refractivity contribution in [3.8, 4) is 11.8 Å². The molecule has 0 atom stereocenters. The second-order valence-electron chi connectivity index (χ2n) is 3.68. The van der Waals surface area contributed by atoms with Crippen molar-refractivity contribution in [2.75, 3.05) is 0 Å². The Kier molecular flexibility index (Phi) is 3.37. The van der Waals surface area contributed by atoms with Crippen molar-refractivity contribution in [1.29, 1.82) is 5.26 Å². The van der Waals surface area contributed by atoms with Crippen LogP contribution in [-0.4, -0.2) is 4.98 Å². The average Bonchev–Trinajstić information content (AvgIpc) is 2.38. The predicted molar refractivity (Wildman–Crippen MR) is 64.5 cm³/mol. The van der Waals surface area contributed by atoms with E-state index in [9.17, 15) is 0 Å². The first-order chi connectivity index (χ1) is 8.31. The normalized spacial score (nSPS) is 9.65. The van der Waals surface area contributed by atoms with Gasteiger partial charge in [-0.1, -0.05) is 24.3 Å². The number of rotatable bonds is 3. The maximum Gasteiger partial charge on any atom is 0.147 e. The van der Waals surface area contributed by atoms with Crippen LogP contribution in [0, 0.1) is 18.3 Å². The zero-order chi connectivity index (χ0) is 12.1. The molecular weight excluding hydrogens is 212 g/mol. The molecule has 0 amide bonds. The lowest BCUT2D eigenvalue weighted by molar-refractivity contribution is 0.303. The van der Waals surface area contributed by atoms with Crippen LogP contribution in [-0.2, 0) is 6.61 Å². The van der Waals surface area contributed by atoms with Gasteiger partial charge in [-0.2, -0.15) is 5.26 Å². The topological polar surface area (TPSA) is 45.9 Å². The Labute approximate surface area is 100 Å². The number of para-hydroxylation sites is 1. The van der Waals surface area contributed by atoms with Gasteiger partial charge in [0.05, 0.1) is 0 Å². The Hall–Kier alpha value is -2.34. The van der Waals surface area contributed by atoms with Crippen LogP contribution in [0.4, 0.5) is 0 Å². The molecule has 1 aromatic carbocycles. The van der Waals surface area contributed by atoms with Crippen molar-refractivity contribution < 1.29 is 4.74 Å². The summed E-state index contributed by atoms with van der Waals surface area (Å²) in [6.45, 7) is 2.35. The Balaban J connectivity index is 2.13. The SMILES string of the molecule is Cc1ccccc1OCc1cccnc1C#N. The van der Waals surface area contributed by atoms with Crippen molar-refractivity contribution in [2.24, 2.45) is 0 Å². The van der Waals surface area contributed by atoms with Gasteiger partial charge in [-0.25, -0.2) is 4.98 Å². The predicted octanol–water partition coefficient (Wildman–Crippen LogP) is 2.84. The van der Waals surface area contributed by atoms with E-state index in [0.29, 0.717) is 12.3 Å². The molecule has 2 aromatic rings. The molecule has 3 nitrogen and oxygen atoms in total. The maximum atomic E-state index is 8.90. The van der Waals surface area contributed by atoms with Crippen LogP contribution in [0.2, 0.25) is 0 Å². The molecule has 0 saturated carbocycles. The lowest BCUT2D eigenvalue weighted by atomic mass is 10.2. The van der Waals surface area contributed by atoms with Gasteiger partial charge in [0.2, 0.25) is 0 Å². The van der Waals surface area contributed by atoms with Crippen LogP contribution in [0.25, 0.3) is 0 Å². The Morgan fingerprint density at radius 2 is 2.06 bits per heavy atom. The number of nitrogens with zero attached hydrogens (tertiary/aromatic N) is 2. The van der Waals surface area contributed by atoms with Crippen LogP contribution >= 0.6 is 0 Å². The fourth-order valence-corrected chi connectivity index (χ4v) is 1.53. The summed E-state index contributed by atoms with van der Waals surface area (Å²) in [4.78, 5) is 3.99. The van der Waals surface area contributed by atoms with Crippen LogP contribution in [0.5, 0.6) is 5.75 Å². The number of pyridine rings is 1. The first-order valence-corrected chi connectivity index (χ1v) is 5.33. The Morgan fingerprint density at radius 1 is 1.24 bits per heavy atom. The van der Waals surface area contributed by atoms with Crippen LogP contribution in [0.3, 0.4) is 0 Å². The molecule has 3 heteroatoms. The number of hydrogen-bond donors (Lipinski definition) is 0. The summed E-state index contributed by atoms with van der Waals surface area (Å²) in [5, 5.41) is 8.90. The molecule has 1 heterocycles. The summed E-state index contributed by atoms with van der Waals surface area (Å²) in [6.07, 6.45) is 1.61. The van der Waals surface area contributed by atoms with E-state index >= 15 is 0 Å². The second-order valence-corrected chi connectivity index (χ2v) is 3.68. The molecule has 0 N–H and O–H groups in total. The Morgan fingerprint density at radius 3 is 2.82 bits per heavy atom. The molecule has 0 aliphatic rings. The van der Waals surface area contributed by atoms with E-state index in [1.165, 1.54) is 0 Å². The molecule has 0 aliphatic carbocycles. The summed E-state index contributed by atoms with van der Waals surface area (Å²) in [5.74, 6) is 0.834. The molecule has 0 fully saturated rings. The van der Waals surface area contributed by atoms with Gasteiger partial charge in [-0.05, 0) is 24.6 Å². The third-order valence-electron chi connectivity index (χ3n) is 2.47. The van der Waals surface area contributed by atoms with Gasteiger partial charge in [0.1, 0.15) is 24.1 Å². The third-order valence-corrected chi connectivity index (χ3v) is 2.47. The van der Waals surface area contributed by atoms with Gasteiger partial charge in [-0.3, -0.25) is 0 Å². The standard InChI is InChI=1S/C14H12N2O/c1-11-5-2-3-7-14(11)17-10-12-6-4-8-16-13(12)9-15/h2-8H,10H2,1H3. The van der Waals surface area contributed by atoms with Gasteiger partial charge in [-0.15, -0.1) is 0 Å². The van der Waals surface area contributed by atoms with E-state index in [0.717, 1.165) is 16.9 Å². The van der Waals surface area contributed by atoms with Crippen molar-refractivity contribution in [3.05, 3.63) is 59.4 Å². The van der Waals surface area contributed by atoms with Gasteiger partial charge >= 0.3 is 0 Å². The third kappa shape index (κ3) is 2.61. The summed E-state index contributed by atoms with van der Waals surface area (Å²) >= 11 is 0. The molecule has 1 aromatic heterocycles. The average molecular weight is 224 g/mol. The van der Waals surface area contributed by atoms with E-state index in [2.05, 4.69) is 11.1 Å². The van der Waals surface area contributed by atoms with Crippen molar-refractivity contribution in [1.82, 2.24) is 4.98 Å². The van der Waals surface area contributed by atoms with Crippen molar-refractivity contribution >= 4 is 0 Å². The molecule has 0 aliphatic heterocycles. The fraction of sp³-hybridized carbons (Fsp3) is 0.143. The minimum atomic E-state index is 0.363. The lowest BCUT2D eigenvalue weighted by Crippen LogP contribution is -2.00. The lowest BCUT2D eigenvalue weighted by Gasteiger charge is -2.09. The van der Waals surface area contributed by atoms with E-state index in [-0.39, 0.29) is 0 Å². The summed E-state index contributed by atoms with van der Waals surface area (Å²) in [6, 6.07) is 13.5. The first kappa shape index (κ1) is 11.2. The number of nitriles is 1. The highest BCUT2D eigenvalue weighted by atomic mass is 16.5. The molecule has 0 saturated heterocycles. The van der Waals surface area contributed by atoms with Crippen LogP contribution in [0.1, 0.15) is 16.8 Å². The minimum absolute atomic E-state index is 0.363. The van der Waals surface area contributed by atoms with Gasteiger partial charge in [0, 0.05) is 11.8 Å². The summed E-state index contributed by atoms with van der Waals surface area (Å²) in [7, 11) is 0. The molecule has 84 valence electrons. The van der Waals surface area contributed by atoms with E-state index in [1.54, 1.807) is 12.3 Å². The number of benzene rings is 1. The molecule has 0 bridgehead atoms. The smallest absolute Gasteiger partial charge is 0.147 e. The number of aromatic nitrogens is 1. The monoisotopic (exact) mass is 224 g/mol. The highest BCUT2D eigenvalue weighted by Crippen LogP contribution is 2.18. The minimum Gasteiger partial charge on any atom is -0.489 e. The number of ether oxygens (including phenoxy) is 1. The molecular formula is C14H12N2O.